The Kier molecular flexibility index (Phi) is 4.43. The molecule has 1 aliphatic rings. The number of aryl methyl sites for hydroxylation is 1. The lowest BCUT2D eigenvalue weighted by Crippen LogP contribution is -2.45. The van der Waals surface area contributed by atoms with Crippen molar-refractivity contribution in [1.82, 2.24) is 4.90 Å². The van der Waals surface area contributed by atoms with Gasteiger partial charge in [-0.3, -0.25) is 4.90 Å². The summed E-state index contributed by atoms with van der Waals surface area (Å²) in [5, 5.41) is 9.60. The Morgan fingerprint density at radius 1 is 1.44 bits per heavy atom. The van der Waals surface area contributed by atoms with E-state index in [1.807, 2.05) is 19.1 Å². The quantitative estimate of drug-likeness (QED) is 0.858. The lowest BCUT2D eigenvalue weighted by Gasteiger charge is -2.37. The number of likely N-dealkylation sites (tertiary alicyclic amines) is 1. The van der Waals surface area contributed by atoms with Crippen LogP contribution < -0.4 is 5.73 Å². The van der Waals surface area contributed by atoms with Gasteiger partial charge in [-0.2, -0.15) is 0 Å². The monoisotopic (exact) mass is 252 g/mol. The van der Waals surface area contributed by atoms with Gasteiger partial charge in [0.1, 0.15) is 11.5 Å². The van der Waals surface area contributed by atoms with Crippen LogP contribution in [0.2, 0.25) is 0 Å². The highest BCUT2D eigenvalue weighted by molar-refractivity contribution is 5.12. The van der Waals surface area contributed by atoms with Crippen LogP contribution in [0.15, 0.2) is 16.5 Å². The van der Waals surface area contributed by atoms with E-state index in [-0.39, 0.29) is 18.2 Å². The van der Waals surface area contributed by atoms with Crippen LogP contribution >= 0.6 is 0 Å². The molecule has 2 heterocycles. The van der Waals surface area contributed by atoms with Crippen molar-refractivity contribution >= 4 is 0 Å². The van der Waals surface area contributed by atoms with Gasteiger partial charge in [-0.05, 0) is 38.3 Å². The van der Waals surface area contributed by atoms with Crippen molar-refractivity contribution in [3.05, 3.63) is 23.7 Å². The van der Waals surface area contributed by atoms with E-state index in [1.165, 1.54) is 0 Å². The fraction of sp³-hybridized carbons (Fsp3) is 0.714. The fourth-order valence-electron chi connectivity index (χ4n) is 2.66. The molecular formula is C14H24N2O2. The number of furan rings is 1. The third kappa shape index (κ3) is 2.94. The minimum absolute atomic E-state index is 0.0748. The van der Waals surface area contributed by atoms with E-state index in [1.54, 1.807) is 0 Å². The minimum atomic E-state index is -0.155. The van der Waals surface area contributed by atoms with Gasteiger partial charge in [-0.15, -0.1) is 0 Å². The van der Waals surface area contributed by atoms with Crippen LogP contribution in [0, 0.1) is 6.92 Å². The summed E-state index contributed by atoms with van der Waals surface area (Å²) in [7, 11) is 0. The van der Waals surface area contributed by atoms with Crippen LogP contribution in [0.25, 0.3) is 0 Å². The second kappa shape index (κ2) is 5.87. The zero-order valence-electron chi connectivity index (χ0n) is 11.3. The highest BCUT2D eigenvalue weighted by atomic mass is 16.3. The molecule has 1 aromatic rings. The smallest absolute Gasteiger partial charge is 0.122 e. The van der Waals surface area contributed by atoms with Crippen molar-refractivity contribution in [1.29, 1.82) is 0 Å². The first-order valence-electron chi connectivity index (χ1n) is 6.85. The summed E-state index contributed by atoms with van der Waals surface area (Å²) >= 11 is 0. The Morgan fingerprint density at radius 3 is 2.61 bits per heavy atom. The van der Waals surface area contributed by atoms with E-state index in [0.717, 1.165) is 43.9 Å². The van der Waals surface area contributed by atoms with E-state index >= 15 is 0 Å². The molecule has 1 fully saturated rings. The maximum absolute atomic E-state index is 9.60. The molecule has 18 heavy (non-hydrogen) atoms. The summed E-state index contributed by atoms with van der Waals surface area (Å²) in [6, 6.07) is 4.23. The van der Waals surface area contributed by atoms with Crippen LogP contribution in [0.3, 0.4) is 0 Å². The molecule has 0 bridgehead atoms. The van der Waals surface area contributed by atoms with Gasteiger partial charge in [0.15, 0.2) is 0 Å². The average Bonchev–Trinajstić information content (AvgIpc) is 2.78. The number of piperidine rings is 1. The SMILES string of the molecule is CCC(N)C(c1ccc(C)o1)N1CCC(O)CC1. The zero-order valence-corrected chi connectivity index (χ0v) is 11.3. The molecule has 0 aromatic carbocycles. The molecule has 1 saturated heterocycles. The number of rotatable bonds is 4. The van der Waals surface area contributed by atoms with Crippen molar-refractivity contribution in [2.24, 2.45) is 5.73 Å². The molecule has 4 heteroatoms. The van der Waals surface area contributed by atoms with Crippen LogP contribution in [-0.4, -0.2) is 35.2 Å². The van der Waals surface area contributed by atoms with Crippen LogP contribution in [0.4, 0.5) is 0 Å². The van der Waals surface area contributed by atoms with Crippen molar-refractivity contribution in [2.75, 3.05) is 13.1 Å². The van der Waals surface area contributed by atoms with Gasteiger partial charge >= 0.3 is 0 Å². The predicted octanol–water partition coefficient (Wildman–Crippen LogP) is 1.82. The standard InChI is InChI=1S/C14H24N2O2/c1-3-12(15)14(13-5-4-10(2)18-13)16-8-6-11(17)7-9-16/h4-5,11-12,14,17H,3,6-9,15H2,1-2H3. The summed E-state index contributed by atoms with van der Waals surface area (Å²) in [6.07, 6.45) is 2.42. The summed E-state index contributed by atoms with van der Waals surface area (Å²) < 4.78 is 5.76. The Bertz CT molecular complexity index is 370. The molecule has 2 atom stereocenters. The molecule has 2 unspecified atom stereocenters. The van der Waals surface area contributed by atoms with Crippen molar-refractivity contribution < 1.29 is 9.52 Å². The van der Waals surface area contributed by atoms with Gasteiger partial charge in [0.2, 0.25) is 0 Å². The fourth-order valence-corrected chi connectivity index (χ4v) is 2.66. The van der Waals surface area contributed by atoms with Crippen LogP contribution in [0.1, 0.15) is 43.7 Å². The van der Waals surface area contributed by atoms with Gasteiger partial charge in [-0.1, -0.05) is 6.92 Å². The van der Waals surface area contributed by atoms with Gasteiger partial charge in [0.05, 0.1) is 12.1 Å². The maximum Gasteiger partial charge on any atom is 0.122 e. The molecule has 0 spiro atoms. The van der Waals surface area contributed by atoms with Crippen molar-refractivity contribution in [3.63, 3.8) is 0 Å². The molecule has 0 saturated carbocycles. The zero-order chi connectivity index (χ0) is 13.1. The van der Waals surface area contributed by atoms with Gasteiger partial charge in [0, 0.05) is 19.1 Å². The van der Waals surface area contributed by atoms with Gasteiger partial charge < -0.3 is 15.3 Å². The molecular weight excluding hydrogens is 228 g/mol. The minimum Gasteiger partial charge on any atom is -0.465 e. The summed E-state index contributed by atoms with van der Waals surface area (Å²) in [6.45, 7) is 5.84. The number of aliphatic hydroxyl groups excluding tert-OH is 1. The number of hydrogen-bond acceptors (Lipinski definition) is 4. The predicted molar refractivity (Wildman–Crippen MR) is 71.3 cm³/mol. The first-order valence-corrected chi connectivity index (χ1v) is 6.85. The topological polar surface area (TPSA) is 62.6 Å². The Morgan fingerprint density at radius 2 is 2.11 bits per heavy atom. The summed E-state index contributed by atoms with van der Waals surface area (Å²) in [5.41, 5.74) is 6.26. The van der Waals surface area contributed by atoms with E-state index in [9.17, 15) is 5.11 Å². The first-order chi connectivity index (χ1) is 8.61. The van der Waals surface area contributed by atoms with E-state index in [0.29, 0.717) is 0 Å². The second-order valence-electron chi connectivity index (χ2n) is 5.23. The Hall–Kier alpha value is -0.840. The maximum atomic E-state index is 9.60. The van der Waals surface area contributed by atoms with Crippen molar-refractivity contribution in [2.45, 2.75) is 51.3 Å². The van der Waals surface area contributed by atoms with Crippen molar-refractivity contribution in [3.8, 4) is 0 Å². The lowest BCUT2D eigenvalue weighted by atomic mass is 9.98. The Labute approximate surface area is 109 Å². The third-order valence-corrected chi connectivity index (χ3v) is 3.82. The average molecular weight is 252 g/mol. The Balaban J connectivity index is 2.15. The molecule has 0 radical (unpaired) electrons. The molecule has 4 nitrogen and oxygen atoms in total. The van der Waals surface area contributed by atoms with Crippen LogP contribution in [0.5, 0.6) is 0 Å². The number of nitrogens with zero attached hydrogens (tertiary/aromatic N) is 1. The van der Waals surface area contributed by atoms with E-state index in [2.05, 4.69) is 11.8 Å². The highest BCUT2D eigenvalue weighted by Crippen LogP contribution is 2.29. The van der Waals surface area contributed by atoms with Crippen LogP contribution in [-0.2, 0) is 0 Å². The third-order valence-electron chi connectivity index (χ3n) is 3.82. The largest absolute Gasteiger partial charge is 0.465 e. The van der Waals surface area contributed by atoms with E-state index < -0.39 is 0 Å². The molecule has 3 N–H and O–H groups in total. The lowest BCUT2D eigenvalue weighted by molar-refractivity contribution is 0.0463. The molecule has 0 amide bonds. The number of hydrogen-bond donors (Lipinski definition) is 2. The summed E-state index contributed by atoms with van der Waals surface area (Å²) in [5.74, 6) is 1.88. The molecule has 1 aromatic heterocycles. The van der Waals surface area contributed by atoms with Gasteiger partial charge in [0.25, 0.3) is 0 Å². The summed E-state index contributed by atoms with van der Waals surface area (Å²) in [4.78, 5) is 2.35. The van der Waals surface area contributed by atoms with Gasteiger partial charge in [-0.25, -0.2) is 0 Å². The molecule has 102 valence electrons. The second-order valence-corrected chi connectivity index (χ2v) is 5.23. The normalized spacial score (nSPS) is 22.0. The molecule has 2 rings (SSSR count). The first kappa shape index (κ1) is 13.6. The molecule has 1 aliphatic heterocycles. The van der Waals surface area contributed by atoms with E-state index in [4.69, 9.17) is 10.2 Å². The highest BCUT2D eigenvalue weighted by Gasteiger charge is 2.30. The number of aliphatic hydroxyl groups is 1. The molecule has 0 aliphatic carbocycles. The number of nitrogens with two attached hydrogens (primary N) is 1.